The average molecular weight is 376 g/mol. The molecule has 1 amide bonds. The first-order chi connectivity index (χ1) is 10.9. The second kappa shape index (κ2) is 7.64. The zero-order chi connectivity index (χ0) is 17.0. The van der Waals surface area contributed by atoms with Crippen LogP contribution in [0, 0.1) is 13.8 Å². The van der Waals surface area contributed by atoms with Gasteiger partial charge in [-0.1, -0.05) is 48.0 Å². The molecular formula is C19H22BrNO2. The highest BCUT2D eigenvalue weighted by atomic mass is 79.9. The zero-order valence-corrected chi connectivity index (χ0v) is 15.5. The summed E-state index contributed by atoms with van der Waals surface area (Å²) in [5.41, 5.74) is 4.02. The van der Waals surface area contributed by atoms with E-state index < -0.39 is 0 Å². The normalized spacial score (nSPS) is 10.7. The summed E-state index contributed by atoms with van der Waals surface area (Å²) >= 11 is 3.55. The van der Waals surface area contributed by atoms with Crippen LogP contribution >= 0.6 is 15.9 Å². The number of anilines is 1. The van der Waals surface area contributed by atoms with Crippen molar-refractivity contribution in [3.05, 3.63) is 57.6 Å². The molecule has 0 aromatic heterocycles. The highest BCUT2D eigenvalue weighted by Gasteiger charge is 2.13. The van der Waals surface area contributed by atoms with E-state index in [9.17, 15) is 4.79 Å². The standard InChI is InChI=1S/C19H22BrNO2/c1-12(2)15-10-16(20)14(4)9-18(15)23-11-19(22)21-17-8-6-5-7-13(17)3/h5-10,12H,11H2,1-4H3,(H,21,22). The van der Waals surface area contributed by atoms with Gasteiger partial charge in [0.1, 0.15) is 5.75 Å². The number of ether oxygens (including phenoxy) is 1. The number of carbonyl (C=O) groups excluding carboxylic acids is 1. The Labute approximate surface area is 146 Å². The van der Waals surface area contributed by atoms with Gasteiger partial charge >= 0.3 is 0 Å². The number of para-hydroxylation sites is 1. The van der Waals surface area contributed by atoms with Gasteiger partial charge in [-0.3, -0.25) is 4.79 Å². The van der Waals surface area contributed by atoms with Crippen molar-refractivity contribution in [1.82, 2.24) is 0 Å². The average Bonchev–Trinajstić information content (AvgIpc) is 2.50. The van der Waals surface area contributed by atoms with Crippen molar-refractivity contribution in [2.24, 2.45) is 0 Å². The molecule has 0 unspecified atom stereocenters. The smallest absolute Gasteiger partial charge is 0.262 e. The van der Waals surface area contributed by atoms with Gasteiger partial charge in [0.05, 0.1) is 0 Å². The summed E-state index contributed by atoms with van der Waals surface area (Å²) in [6.07, 6.45) is 0. The molecule has 1 N–H and O–H groups in total. The molecule has 0 radical (unpaired) electrons. The SMILES string of the molecule is Cc1cc(OCC(=O)Nc2ccccc2C)c(C(C)C)cc1Br. The summed E-state index contributed by atoms with van der Waals surface area (Å²) in [6, 6.07) is 11.7. The van der Waals surface area contributed by atoms with Crippen molar-refractivity contribution in [1.29, 1.82) is 0 Å². The van der Waals surface area contributed by atoms with Crippen LogP contribution in [-0.4, -0.2) is 12.5 Å². The molecule has 0 aliphatic rings. The Morgan fingerprint density at radius 2 is 1.87 bits per heavy atom. The summed E-state index contributed by atoms with van der Waals surface area (Å²) in [6.45, 7) is 8.18. The topological polar surface area (TPSA) is 38.3 Å². The Hall–Kier alpha value is -1.81. The number of amides is 1. The second-order valence-corrected chi connectivity index (χ2v) is 6.80. The van der Waals surface area contributed by atoms with E-state index in [1.54, 1.807) is 0 Å². The maximum atomic E-state index is 12.1. The van der Waals surface area contributed by atoms with Crippen LogP contribution in [0.3, 0.4) is 0 Å². The molecule has 0 aliphatic heterocycles. The fourth-order valence-corrected chi connectivity index (χ4v) is 2.65. The molecule has 0 aliphatic carbocycles. The molecule has 122 valence electrons. The van der Waals surface area contributed by atoms with Crippen LogP contribution in [0.5, 0.6) is 5.75 Å². The molecule has 0 saturated heterocycles. The lowest BCUT2D eigenvalue weighted by atomic mass is 10.0. The number of nitrogens with one attached hydrogen (secondary N) is 1. The highest BCUT2D eigenvalue weighted by molar-refractivity contribution is 9.10. The second-order valence-electron chi connectivity index (χ2n) is 5.95. The summed E-state index contributed by atoms with van der Waals surface area (Å²) in [4.78, 5) is 12.1. The third-order valence-corrected chi connectivity index (χ3v) is 4.55. The number of halogens is 1. The Bertz CT molecular complexity index is 711. The minimum atomic E-state index is -0.158. The van der Waals surface area contributed by atoms with Crippen molar-refractivity contribution in [2.75, 3.05) is 11.9 Å². The van der Waals surface area contributed by atoms with Crippen LogP contribution in [0.15, 0.2) is 40.9 Å². The van der Waals surface area contributed by atoms with Gasteiger partial charge in [-0.2, -0.15) is 0 Å². The van der Waals surface area contributed by atoms with Crippen molar-refractivity contribution in [2.45, 2.75) is 33.6 Å². The fraction of sp³-hybridized carbons (Fsp3) is 0.316. The predicted molar refractivity (Wildman–Crippen MR) is 98.3 cm³/mol. The number of benzene rings is 2. The number of aryl methyl sites for hydroxylation is 2. The molecule has 0 spiro atoms. The van der Waals surface area contributed by atoms with Gasteiger partial charge in [-0.25, -0.2) is 0 Å². The van der Waals surface area contributed by atoms with Gasteiger partial charge in [0.25, 0.3) is 5.91 Å². The molecular weight excluding hydrogens is 354 g/mol. The Balaban J connectivity index is 2.07. The summed E-state index contributed by atoms with van der Waals surface area (Å²) in [7, 11) is 0. The van der Waals surface area contributed by atoms with Crippen molar-refractivity contribution in [3.8, 4) is 5.75 Å². The van der Waals surface area contributed by atoms with Crippen molar-refractivity contribution < 1.29 is 9.53 Å². The molecule has 4 heteroatoms. The van der Waals surface area contributed by atoms with Gasteiger partial charge < -0.3 is 10.1 Å². The van der Waals surface area contributed by atoms with Gasteiger partial charge in [-0.05, 0) is 54.7 Å². The van der Waals surface area contributed by atoms with Crippen molar-refractivity contribution >= 4 is 27.5 Å². The van der Waals surface area contributed by atoms with Gasteiger partial charge in [0.2, 0.25) is 0 Å². The molecule has 3 nitrogen and oxygen atoms in total. The van der Waals surface area contributed by atoms with Crippen LogP contribution in [0.1, 0.15) is 36.5 Å². The van der Waals surface area contributed by atoms with E-state index in [0.717, 1.165) is 32.6 Å². The highest BCUT2D eigenvalue weighted by Crippen LogP contribution is 2.32. The summed E-state index contributed by atoms with van der Waals surface area (Å²) in [5.74, 6) is 0.927. The number of hydrogen-bond acceptors (Lipinski definition) is 2. The Morgan fingerprint density at radius 3 is 2.52 bits per heavy atom. The number of carbonyl (C=O) groups is 1. The van der Waals surface area contributed by atoms with Gasteiger partial charge in [0, 0.05) is 10.2 Å². The summed E-state index contributed by atoms with van der Waals surface area (Å²) < 4.78 is 6.83. The number of rotatable bonds is 5. The zero-order valence-electron chi connectivity index (χ0n) is 13.9. The molecule has 2 rings (SSSR count). The molecule has 0 fully saturated rings. The lowest BCUT2D eigenvalue weighted by Crippen LogP contribution is -2.21. The molecule has 0 saturated carbocycles. The Kier molecular flexibility index (Phi) is 5.83. The largest absolute Gasteiger partial charge is 0.483 e. The first-order valence-corrected chi connectivity index (χ1v) is 8.46. The molecule has 0 bridgehead atoms. The van der Waals surface area contributed by atoms with Crippen LogP contribution < -0.4 is 10.1 Å². The summed E-state index contributed by atoms with van der Waals surface area (Å²) in [5, 5.41) is 2.88. The molecule has 23 heavy (non-hydrogen) atoms. The molecule has 2 aromatic carbocycles. The fourth-order valence-electron chi connectivity index (χ4n) is 2.29. The van der Waals surface area contributed by atoms with Crippen LogP contribution in [0.25, 0.3) is 0 Å². The van der Waals surface area contributed by atoms with Gasteiger partial charge in [0.15, 0.2) is 6.61 Å². The maximum Gasteiger partial charge on any atom is 0.262 e. The van der Waals surface area contributed by atoms with Crippen LogP contribution in [0.4, 0.5) is 5.69 Å². The van der Waals surface area contributed by atoms with E-state index >= 15 is 0 Å². The van der Waals surface area contributed by atoms with Crippen LogP contribution in [0.2, 0.25) is 0 Å². The predicted octanol–water partition coefficient (Wildman–Crippen LogP) is 5.21. The molecule has 2 aromatic rings. The lowest BCUT2D eigenvalue weighted by Gasteiger charge is -2.16. The van der Waals surface area contributed by atoms with Gasteiger partial charge in [-0.15, -0.1) is 0 Å². The third kappa shape index (κ3) is 4.58. The first-order valence-electron chi connectivity index (χ1n) is 7.66. The monoisotopic (exact) mass is 375 g/mol. The molecule has 0 heterocycles. The van der Waals surface area contributed by atoms with E-state index in [4.69, 9.17) is 4.74 Å². The van der Waals surface area contributed by atoms with Crippen LogP contribution in [-0.2, 0) is 4.79 Å². The maximum absolute atomic E-state index is 12.1. The van der Waals surface area contributed by atoms with Crippen molar-refractivity contribution in [3.63, 3.8) is 0 Å². The minimum Gasteiger partial charge on any atom is -0.483 e. The number of hydrogen-bond donors (Lipinski definition) is 1. The molecule has 0 atom stereocenters. The minimum absolute atomic E-state index is 0.00483. The lowest BCUT2D eigenvalue weighted by molar-refractivity contribution is -0.118. The van der Waals surface area contributed by atoms with E-state index in [1.807, 2.05) is 44.2 Å². The van der Waals surface area contributed by atoms with E-state index in [2.05, 4.69) is 41.2 Å². The van der Waals surface area contributed by atoms with E-state index in [-0.39, 0.29) is 12.5 Å². The van der Waals surface area contributed by atoms with E-state index in [1.165, 1.54) is 0 Å². The Morgan fingerprint density at radius 1 is 1.17 bits per heavy atom. The van der Waals surface area contributed by atoms with E-state index in [0.29, 0.717) is 5.92 Å². The third-order valence-electron chi connectivity index (χ3n) is 3.69. The first kappa shape index (κ1) is 17.5. The quantitative estimate of drug-likeness (QED) is 0.778.